The molecule has 0 radical (unpaired) electrons. The van der Waals surface area contributed by atoms with E-state index in [9.17, 15) is 0 Å². The Morgan fingerprint density at radius 2 is 1.09 bits per heavy atom. The van der Waals surface area contributed by atoms with Crippen LogP contribution < -0.4 is 5.73 Å². The summed E-state index contributed by atoms with van der Waals surface area (Å²) in [6.45, 7) is -1.21. The van der Waals surface area contributed by atoms with E-state index in [1.165, 1.54) is 0 Å². The third kappa shape index (κ3) is 8.95. The maximum atomic E-state index is 8.34. The molecule has 0 aliphatic carbocycles. The van der Waals surface area contributed by atoms with Crippen LogP contribution in [0.4, 0.5) is 0 Å². The van der Waals surface area contributed by atoms with Crippen molar-refractivity contribution in [3.8, 4) is 0 Å². The monoisotopic (exact) mass is 295 g/mol. The van der Waals surface area contributed by atoms with E-state index in [4.69, 9.17) is 21.1 Å². The fourth-order valence-electron chi connectivity index (χ4n) is 0.150. The average molecular weight is 295 g/mol. The summed E-state index contributed by atoms with van der Waals surface area (Å²) in [4.78, 5) is 0. The quantitative estimate of drug-likeness (QED) is 0.477. The summed E-state index contributed by atoms with van der Waals surface area (Å²) in [6.07, 6.45) is 0. The van der Waals surface area contributed by atoms with E-state index in [2.05, 4.69) is 0 Å². The minimum absolute atomic E-state index is 0. The van der Waals surface area contributed by atoms with Crippen LogP contribution in [0.3, 0.4) is 0 Å². The minimum atomic E-state index is -1.21. The summed E-state index contributed by atoms with van der Waals surface area (Å²) >= 11 is 0. The van der Waals surface area contributed by atoms with Crippen molar-refractivity contribution in [3.05, 3.63) is 0 Å². The molecule has 0 rings (SSSR count). The molecular weight excluding hydrogens is 282 g/mol. The Kier molecular flexibility index (Phi) is 22.8. The summed E-state index contributed by atoms with van der Waals surface area (Å²) in [6, 6.07) is 0. The van der Waals surface area contributed by atoms with Gasteiger partial charge < -0.3 is 21.1 Å². The maximum absolute atomic E-state index is 8.34. The predicted octanol–water partition coefficient (Wildman–Crippen LogP) is -1.50. The third-order valence-corrected chi connectivity index (χ3v) is 0.945. The summed E-state index contributed by atoms with van der Waals surface area (Å²) in [5, 5.41) is 25.0. The number of halogens is 2. The minimum Gasteiger partial charge on any atom is -0.394 e. The van der Waals surface area contributed by atoms with Crippen LogP contribution in [-0.2, 0) is 19.5 Å². The molecule has 0 saturated carbocycles. The number of hydrogen-bond acceptors (Lipinski definition) is 4. The number of rotatable bonds is 3. The average Bonchev–Trinajstić information content (AvgIpc) is 1.87. The van der Waals surface area contributed by atoms with Gasteiger partial charge in [-0.15, -0.1) is 24.8 Å². The van der Waals surface area contributed by atoms with E-state index in [0.717, 1.165) is 0 Å². The van der Waals surface area contributed by atoms with E-state index in [0.29, 0.717) is 0 Å². The molecule has 0 aromatic heterocycles. The topological polar surface area (TPSA) is 86.7 Å². The molecule has 0 unspecified atom stereocenters. The summed E-state index contributed by atoms with van der Waals surface area (Å²) in [7, 11) is 0. The van der Waals surface area contributed by atoms with E-state index in [-0.39, 0.29) is 44.3 Å². The van der Waals surface area contributed by atoms with Crippen LogP contribution in [0.1, 0.15) is 0 Å². The van der Waals surface area contributed by atoms with Crippen molar-refractivity contribution in [3.63, 3.8) is 0 Å². The van der Waals surface area contributed by atoms with Crippen molar-refractivity contribution in [2.24, 2.45) is 5.73 Å². The molecule has 0 aromatic rings. The van der Waals surface area contributed by atoms with E-state index in [1.54, 1.807) is 0 Å². The first-order chi connectivity index (χ1) is 3.68. The van der Waals surface area contributed by atoms with Gasteiger partial charge in [0.05, 0.1) is 25.4 Å². The molecule has 0 heterocycles. The van der Waals surface area contributed by atoms with Crippen molar-refractivity contribution >= 4 is 24.8 Å². The zero-order valence-electron chi connectivity index (χ0n) is 5.71. The standard InChI is InChI=1S/C4H11NO3.2ClH.Ru/c5-4(1-6,2-7)3-8;;;/h6-8H,1-3,5H2;2*1H;. The largest absolute Gasteiger partial charge is 0.394 e. The molecule has 0 fully saturated rings. The molecule has 74 valence electrons. The van der Waals surface area contributed by atoms with Crippen molar-refractivity contribution in [1.29, 1.82) is 0 Å². The van der Waals surface area contributed by atoms with Crippen LogP contribution in [-0.4, -0.2) is 40.7 Å². The molecule has 5 N–H and O–H groups in total. The van der Waals surface area contributed by atoms with Gasteiger partial charge in [-0.1, -0.05) is 0 Å². The Balaban J connectivity index is -0.0000000817. The fraction of sp³-hybridized carbons (Fsp3) is 1.00. The second-order valence-corrected chi connectivity index (χ2v) is 1.84. The molecule has 4 nitrogen and oxygen atoms in total. The van der Waals surface area contributed by atoms with Crippen LogP contribution in [0, 0.1) is 0 Å². The van der Waals surface area contributed by atoms with Crippen LogP contribution in [0.15, 0.2) is 0 Å². The van der Waals surface area contributed by atoms with Gasteiger partial charge in [0.15, 0.2) is 0 Å². The second-order valence-electron chi connectivity index (χ2n) is 1.84. The number of nitrogens with two attached hydrogens (primary N) is 1. The van der Waals surface area contributed by atoms with Gasteiger partial charge in [0, 0.05) is 19.5 Å². The van der Waals surface area contributed by atoms with Gasteiger partial charge in [-0.05, 0) is 0 Å². The first kappa shape index (κ1) is 22.7. The first-order valence-corrected chi connectivity index (χ1v) is 2.30. The van der Waals surface area contributed by atoms with Gasteiger partial charge in [-0.2, -0.15) is 0 Å². The van der Waals surface area contributed by atoms with Crippen molar-refractivity contribution in [1.82, 2.24) is 0 Å². The van der Waals surface area contributed by atoms with Crippen LogP contribution >= 0.6 is 24.8 Å². The smallest absolute Gasteiger partial charge is 0.0856 e. The molecule has 11 heavy (non-hydrogen) atoms. The van der Waals surface area contributed by atoms with Crippen LogP contribution in [0.5, 0.6) is 0 Å². The van der Waals surface area contributed by atoms with Crippen LogP contribution in [0.2, 0.25) is 0 Å². The molecular formula is C4H13Cl2NO3Ru. The van der Waals surface area contributed by atoms with Gasteiger partial charge in [0.25, 0.3) is 0 Å². The van der Waals surface area contributed by atoms with Gasteiger partial charge in [0.1, 0.15) is 0 Å². The molecule has 7 heteroatoms. The number of hydrogen-bond donors (Lipinski definition) is 4. The predicted molar refractivity (Wildman–Crippen MR) is 42.7 cm³/mol. The fourth-order valence-corrected chi connectivity index (χ4v) is 0.150. The van der Waals surface area contributed by atoms with E-state index < -0.39 is 25.4 Å². The maximum Gasteiger partial charge on any atom is 0.0856 e. The Morgan fingerprint density at radius 1 is 0.909 bits per heavy atom. The Hall–Kier alpha value is 1.04. The molecule has 0 aliphatic rings. The van der Waals surface area contributed by atoms with Gasteiger partial charge in [0.2, 0.25) is 0 Å². The van der Waals surface area contributed by atoms with Gasteiger partial charge >= 0.3 is 0 Å². The van der Waals surface area contributed by atoms with Gasteiger partial charge in [-0.25, -0.2) is 0 Å². The summed E-state index contributed by atoms with van der Waals surface area (Å²) < 4.78 is 0. The first-order valence-electron chi connectivity index (χ1n) is 2.30. The van der Waals surface area contributed by atoms with Crippen molar-refractivity contribution < 1.29 is 34.8 Å². The molecule has 0 atom stereocenters. The Morgan fingerprint density at radius 3 is 1.09 bits per heavy atom. The van der Waals surface area contributed by atoms with E-state index in [1.807, 2.05) is 0 Å². The molecule has 0 aromatic carbocycles. The SMILES string of the molecule is Cl.Cl.NC(CO)(CO)CO.[Ru]. The third-order valence-electron chi connectivity index (χ3n) is 0.945. The van der Waals surface area contributed by atoms with Crippen molar-refractivity contribution in [2.75, 3.05) is 19.8 Å². The summed E-state index contributed by atoms with van der Waals surface area (Å²) in [5.41, 5.74) is 3.94. The Bertz CT molecular complexity index is 66.1. The van der Waals surface area contributed by atoms with E-state index >= 15 is 0 Å². The second kappa shape index (κ2) is 11.0. The molecule has 0 aliphatic heterocycles. The Labute approximate surface area is 90.7 Å². The summed E-state index contributed by atoms with van der Waals surface area (Å²) in [5.74, 6) is 0. The zero-order chi connectivity index (χ0) is 6.62. The van der Waals surface area contributed by atoms with Crippen molar-refractivity contribution in [2.45, 2.75) is 5.54 Å². The number of aliphatic hydroxyl groups is 3. The van der Waals surface area contributed by atoms with Gasteiger partial charge in [-0.3, -0.25) is 0 Å². The number of aliphatic hydroxyl groups excluding tert-OH is 3. The molecule has 0 amide bonds. The zero-order valence-corrected chi connectivity index (χ0v) is 9.08. The molecule has 0 saturated heterocycles. The molecule has 0 spiro atoms. The normalized spacial score (nSPS) is 8.73. The van der Waals surface area contributed by atoms with Crippen LogP contribution in [0.25, 0.3) is 0 Å². The molecule has 0 bridgehead atoms.